The average Bonchev–Trinajstić information content (AvgIpc) is 2.89. The van der Waals surface area contributed by atoms with Gasteiger partial charge in [-0.25, -0.2) is 0 Å². The fraction of sp³-hybridized carbons (Fsp3) is 0.600. The third kappa shape index (κ3) is 3.72. The molecule has 1 aliphatic heterocycles. The molecule has 0 aromatic heterocycles. The third-order valence-corrected chi connectivity index (χ3v) is 4.63. The first kappa shape index (κ1) is 14.9. The molecule has 0 bridgehead atoms. The lowest BCUT2D eigenvalue weighted by molar-refractivity contribution is 0.147. The molecule has 1 aromatic rings. The van der Waals surface area contributed by atoms with Crippen molar-refractivity contribution in [3.8, 4) is 0 Å². The highest BCUT2D eigenvalue weighted by Gasteiger charge is 2.28. The van der Waals surface area contributed by atoms with Gasteiger partial charge in [0.2, 0.25) is 0 Å². The number of nitrogens with zero attached hydrogens (tertiary/aromatic N) is 1. The van der Waals surface area contributed by atoms with E-state index in [1.165, 1.54) is 16.9 Å². The van der Waals surface area contributed by atoms with Crippen LogP contribution in [0.15, 0.2) is 29.2 Å². The Morgan fingerprint density at radius 2 is 2.16 bits per heavy atom. The van der Waals surface area contributed by atoms with Crippen molar-refractivity contribution >= 4 is 11.8 Å². The van der Waals surface area contributed by atoms with Crippen LogP contribution in [0.25, 0.3) is 0 Å². The molecule has 106 valence electrons. The van der Waals surface area contributed by atoms with E-state index in [9.17, 15) is 0 Å². The first-order valence-electron chi connectivity index (χ1n) is 6.85. The van der Waals surface area contributed by atoms with Gasteiger partial charge < -0.3 is 10.5 Å². The quantitative estimate of drug-likeness (QED) is 0.812. The smallest absolute Gasteiger partial charge is 0.0503 e. The number of rotatable bonds is 6. The second kappa shape index (κ2) is 7.29. The maximum absolute atomic E-state index is 6.00. The van der Waals surface area contributed by atoms with Crippen LogP contribution in [-0.2, 0) is 4.74 Å². The molecule has 0 amide bonds. The van der Waals surface area contributed by atoms with Crippen LogP contribution >= 0.6 is 11.8 Å². The van der Waals surface area contributed by atoms with Crippen molar-refractivity contribution in [2.45, 2.75) is 17.4 Å². The van der Waals surface area contributed by atoms with Gasteiger partial charge in [0.05, 0.1) is 6.61 Å². The van der Waals surface area contributed by atoms with Gasteiger partial charge in [0.1, 0.15) is 0 Å². The van der Waals surface area contributed by atoms with Gasteiger partial charge >= 0.3 is 0 Å². The molecule has 0 saturated carbocycles. The van der Waals surface area contributed by atoms with E-state index >= 15 is 0 Å². The molecule has 1 saturated heterocycles. The zero-order valence-electron chi connectivity index (χ0n) is 11.8. The topological polar surface area (TPSA) is 38.5 Å². The largest absolute Gasteiger partial charge is 0.384 e. The van der Waals surface area contributed by atoms with Gasteiger partial charge in [0, 0.05) is 31.1 Å². The normalized spacial score (nSPS) is 21.7. The highest BCUT2D eigenvalue weighted by Crippen LogP contribution is 2.28. The number of ether oxygens (including phenoxy) is 1. The first-order valence-corrected chi connectivity index (χ1v) is 8.08. The molecule has 19 heavy (non-hydrogen) atoms. The van der Waals surface area contributed by atoms with Crippen LogP contribution in [0.3, 0.4) is 0 Å². The molecule has 1 aliphatic rings. The average molecular weight is 280 g/mol. The summed E-state index contributed by atoms with van der Waals surface area (Å²) in [5.74, 6) is 0.657. The molecule has 1 heterocycles. The van der Waals surface area contributed by atoms with Gasteiger partial charge in [-0.2, -0.15) is 0 Å². The second-order valence-electron chi connectivity index (χ2n) is 5.13. The van der Waals surface area contributed by atoms with Crippen LogP contribution < -0.4 is 5.73 Å². The molecule has 0 radical (unpaired) electrons. The minimum absolute atomic E-state index is 0.345. The Morgan fingerprint density at radius 1 is 1.42 bits per heavy atom. The Hall–Kier alpha value is -0.550. The number of hydrogen-bond donors (Lipinski definition) is 1. The van der Waals surface area contributed by atoms with E-state index in [0.717, 1.165) is 19.7 Å². The summed E-state index contributed by atoms with van der Waals surface area (Å²) in [4.78, 5) is 3.80. The van der Waals surface area contributed by atoms with E-state index < -0.39 is 0 Å². The number of benzene rings is 1. The molecule has 4 heteroatoms. The Bertz CT molecular complexity index is 382. The van der Waals surface area contributed by atoms with Crippen LogP contribution in [-0.4, -0.2) is 44.5 Å². The lowest BCUT2D eigenvalue weighted by Gasteiger charge is -2.27. The standard InChI is InChI=1S/C15H24N2OS/c1-18-11-12-7-8-17(10-12)15(9-16)13-3-5-14(19-2)6-4-13/h3-6,12,15H,7-11,16H2,1-2H3. The predicted molar refractivity (Wildman–Crippen MR) is 81.6 cm³/mol. The summed E-state index contributed by atoms with van der Waals surface area (Å²) in [5.41, 5.74) is 7.33. The molecule has 1 fully saturated rings. The van der Waals surface area contributed by atoms with Crippen molar-refractivity contribution in [1.29, 1.82) is 0 Å². The van der Waals surface area contributed by atoms with Crippen LogP contribution in [0.2, 0.25) is 0 Å². The van der Waals surface area contributed by atoms with E-state index in [0.29, 0.717) is 18.5 Å². The van der Waals surface area contributed by atoms with Crippen molar-refractivity contribution in [3.05, 3.63) is 29.8 Å². The monoisotopic (exact) mass is 280 g/mol. The van der Waals surface area contributed by atoms with Gasteiger partial charge in [-0.15, -0.1) is 11.8 Å². The highest BCUT2D eigenvalue weighted by molar-refractivity contribution is 7.98. The second-order valence-corrected chi connectivity index (χ2v) is 6.01. The van der Waals surface area contributed by atoms with E-state index in [4.69, 9.17) is 10.5 Å². The molecule has 2 N–H and O–H groups in total. The van der Waals surface area contributed by atoms with Gasteiger partial charge in [-0.3, -0.25) is 4.90 Å². The van der Waals surface area contributed by atoms with E-state index in [-0.39, 0.29) is 0 Å². The molecule has 2 unspecified atom stereocenters. The summed E-state index contributed by atoms with van der Waals surface area (Å²) in [6.45, 7) is 3.76. The lowest BCUT2D eigenvalue weighted by Crippen LogP contribution is -2.32. The molecular formula is C15H24N2OS. The molecule has 2 rings (SSSR count). The summed E-state index contributed by atoms with van der Waals surface area (Å²) in [6.07, 6.45) is 3.32. The molecule has 0 spiro atoms. The number of likely N-dealkylation sites (tertiary alicyclic amines) is 1. The molecule has 2 atom stereocenters. The Balaban J connectivity index is 2.03. The van der Waals surface area contributed by atoms with Crippen molar-refractivity contribution in [3.63, 3.8) is 0 Å². The van der Waals surface area contributed by atoms with E-state index in [1.54, 1.807) is 18.9 Å². The van der Waals surface area contributed by atoms with Crippen molar-refractivity contribution in [2.24, 2.45) is 11.7 Å². The van der Waals surface area contributed by atoms with Gasteiger partial charge in [0.25, 0.3) is 0 Å². The van der Waals surface area contributed by atoms with E-state index in [1.807, 2.05) is 0 Å². The fourth-order valence-corrected chi connectivity index (χ4v) is 3.25. The molecular weight excluding hydrogens is 256 g/mol. The Labute approximate surface area is 120 Å². The van der Waals surface area contributed by atoms with Gasteiger partial charge in [-0.1, -0.05) is 12.1 Å². The number of methoxy groups -OCH3 is 1. The SMILES string of the molecule is COCC1CCN(C(CN)c2ccc(SC)cc2)C1. The predicted octanol–water partition coefficient (Wildman–Crippen LogP) is 2.38. The maximum atomic E-state index is 6.00. The summed E-state index contributed by atoms with van der Waals surface area (Å²) in [6, 6.07) is 9.15. The van der Waals surface area contributed by atoms with Crippen molar-refractivity contribution in [2.75, 3.05) is 39.6 Å². The third-order valence-electron chi connectivity index (χ3n) is 3.88. The van der Waals surface area contributed by atoms with Crippen LogP contribution in [0.4, 0.5) is 0 Å². The first-order chi connectivity index (χ1) is 9.28. The van der Waals surface area contributed by atoms with Gasteiger partial charge in [-0.05, 0) is 42.8 Å². The van der Waals surface area contributed by atoms with Crippen LogP contribution in [0, 0.1) is 5.92 Å². The minimum atomic E-state index is 0.345. The van der Waals surface area contributed by atoms with Gasteiger partial charge in [0.15, 0.2) is 0 Å². The van der Waals surface area contributed by atoms with Crippen LogP contribution in [0.5, 0.6) is 0 Å². The van der Waals surface area contributed by atoms with Crippen molar-refractivity contribution < 1.29 is 4.74 Å². The zero-order valence-corrected chi connectivity index (χ0v) is 12.7. The molecule has 1 aromatic carbocycles. The maximum Gasteiger partial charge on any atom is 0.0503 e. The Kier molecular flexibility index (Phi) is 5.70. The Morgan fingerprint density at radius 3 is 2.74 bits per heavy atom. The number of hydrogen-bond acceptors (Lipinski definition) is 4. The minimum Gasteiger partial charge on any atom is -0.384 e. The number of nitrogens with two attached hydrogens (primary N) is 1. The lowest BCUT2D eigenvalue weighted by atomic mass is 10.1. The summed E-state index contributed by atoms with van der Waals surface area (Å²) in [7, 11) is 1.78. The van der Waals surface area contributed by atoms with E-state index in [2.05, 4.69) is 35.4 Å². The summed E-state index contributed by atoms with van der Waals surface area (Å²) in [5, 5.41) is 0. The fourth-order valence-electron chi connectivity index (χ4n) is 2.84. The summed E-state index contributed by atoms with van der Waals surface area (Å²) < 4.78 is 5.26. The van der Waals surface area contributed by atoms with Crippen LogP contribution in [0.1, 0.15) is 18.0 Å². The molecule has 0 aliphatic carbocycles. The molecule has 3 nitrogen and oxygen atoms in total. The van der Waals surface area contributed by atoms with Crippen molar-refractivity contribution in [1.82, 2.24) is 4.90 Å². The number of thioether (sulfide) groups is 1. The zero-order chi connectivity index (χ0) is 13.7. The highest BCUT2D eigenvalue weighted by atomic mass is 32.2. The summed E-state index contributed by atoms with van der Waals surface area (Å²) >= 11 is 1.77.